The van der Waals surface area contributed by atoms with Crippen LogP contribution in [0.4, 0.5) is 0 Å². The van der Waals surface area contributed by atoms with Crippen molar-refractivity contribution in [2.45, 2.75) is 19.5 Å². The van der Waals surface area contributed by atoms with Crippen molar-refractivity contribution in [1.29, 1.82) is 0 Å². The Morgan fingerprint density at radius 1 is 1.47 bits per heavy atom. The van der Waals surface area contributed by atoms with Gasteiger partial charge in [0.05, 0.1) is 6.04 Å². The van der Waals surface area contributed by atoms with E-state index in [1.807, 2.05) is 31.2 Å². The highest BCUT2D eigenvalue weighted by molar-refractivity contribution is 6.31. The molecule has 1 rings (SSSR count). The third-order valence-electron chi connectivity index (χ3n) is 2.24. The highest BCUT2D eigenvalue weighted by atomic mass is 35.5. The normalized spacial score (nSPS) is 12.2. The van der Waals surface area contributed by atoms with Gasteiger partial charge in [-0.2, -0.15) is 0 Å². The second kappa shape index (κ2) is 5.73. The first kappa shape index (κ1) is 12.0. The second-order valence-electron chi connectivity index (χ2n) is 3.32. The lowest BCUT2D eigenvalue weighted by Gasteiger charge is -2.11. The molecule has 0 spiro atoms. The van der Waals surface area contributed by atoms with Gasteiger partial charge in [-0.3, -0.25) is 4.79 Å². The number of benzene rings is 1. The molecule has 0 bridgehead atoms. The van der Waals surface area contributed by atoms with E-state index in [9.17, 15) is 4.79 Å². The predicted octanol–water partition coefficient (Wildman–Crippen LogP) is 1.56. The molecule has 0 radical (unpaired) electrons. The summed E-state index contributed by atoms with van der Waals surface area (Å²) in [6.45, 7) is 2.27. The topological polar surface area (TPSA) is 41.1 Å². The molecule has 0 aliphatic heterocycles. The third-order valence-corrected chi connectivity index (χ3v) is 2.61. The predicted molar refractivity (Wildman–Crippen MR) is 61.8 cm³/mol. The number of carbonyl (C=O) groups is 1. The van der Waals surface area contributed by atoms with Crippen LogP contribution in [0.15, 0.2) is 24.3 Å². The van der Waals surface area contributed by atoms with Gasteiger partial charge in [-0.1, -0.05) is 29.8 Å². The SMILES string of the molecule is CNC(C)C(=O)NCc1ccccc1Cl. The number of nitrogens with one attached hydrogen (secondary N) is 2. The van der Waals surface area contributed by atoms with Gasteiger partial charge in [0.15, 0.2) is 0 Å². The quantitative estimate of drug-likeness (QED) is 0.818. The third kappa shape index (κ3) is 3.53. The van der Waals surface area contributed by atoms with E-state index in [0.29, 0.717) is 11.6 Å². The van der Waals surface area contributed by atoms with Gasteiger partial charge < -0.3 is 10.6 Å². The van der Waals surface area contributed by atoms with Crippen molar-refractivity contribution in [2.24, 2.45) is 0 Å². The first-order chi connectivity index (χ1) is 7.15. The molecular formula is C11H15ClN2O. The summed E-state index contributed by atoms with van der Waals surface area (Å²) in [5.74, 6) is -0.0302. The van der Waals surface area contributed by atoms with Crippen LogP contribution in [0.25, 0.3) is 0 Å². The van der Waals surface area contributed by atoms with Crippen LogP contribution in [0.1, 0.15) is 12.5 Å². The number of likely N-dealkylation sites (N-methyl/N-ethyl adjacent to an activating group) is 1. The maximum atomic E-state index is 11.4. The van der Waals surface area contributed by atoms with Crippen LogP contribution in [0.5, 0.6) is 0 Å². The van der Waals surface area contributed by atoms with E-state index in [1.165, 1.54) is 0 Å². The van der Waals surface area contributed by atoms with Crippen molar-refractivity contribution < 1.29 is 4.79 Å². The Morgan fingerprint density at radius 2 is 2.13 bits per heavy atom. The molecule has 4 heteroatoms. The van der Waals surface area contributed by atoms with Crippen LogP contribution in [-0.2, 0) is 11.3 Å². The van der Waals surface area contributed by atoms with Gasteiger partial charge in [0.25, 0.3) is 0 Å². The summed E-state index contributed by atoms with van der Waals surface area (Å²) in [6.07, 6.45) is 0. The van der Waals surface area contributed by atoms with Crippen molar-refractivity contribution in [1.82, 2.24) is 10.6 Å². The molecule has 1 unspecified atom stereocenters. The smallest absolute Gasteiger partial charge is 0.237 e. The molecule has 0 saturated heterocycles. The Bertz CT molecular complexity index is 341. The van der Waals surface area contributed by atoms with Gasteiger partial charge >= 0.3 is 0 Å². The molecule has 3 nitrogen and oxygen atoms in total. The highest BCUT2D eigenvalue weighted by Gasteiger charge is 2.09. The zero-order chi connectivity index (χ0) is 11.3. The van der Waals surface area contributed by atoms with Gasteiger partial charge in [0, 0.05) is 11.6 Å². The summed E-state index contributed by atoms with van der Waals surface area (Å²) in [5, 5.41) is 6.35. The Morgan fingerprint density at radius 3 is 2.73 bits per heavy atom. The molecule has 0 aliphatic rings. The number of hydrogen-bond acceptors (Lipinski definition) is 2. The Balaban J connectivity index is 2.51. The monoisotopic (exact) mass is 226 g/mol. The van der Waals surface area contributed by atoms with E-state index in [0.717, 1.165) is 5.56 Å². The van der Waals surface area contributed by atoms with Crippen LogP contribution in [0, 0.1) is 0 Å². The summed E-state index contributed by atoms with van der Waals surface area (Å²) < 4.78 is 0. The lowest BCUT2D eigenvalue weighted by molar-refractivity contribution is -0.122. The minimum Gasteiger partial charge on any atom is -0.351 e. The summed E-state index contributed by atoms with van der Waals surface area (Å²) in [7, 11) is 1.75. The van der Waals surface area contributed by atoms with Crippen LogP contribution in [-0.4, -0.2) is 19.0 Å². The summed E-state index contributed by atoms with van der Waals surface area (Å²) >= 11 is 5.95. The molecule has 0 fully saturated rings. The maximum Gasteiger partial charge on any atom is 0.237 e. The van der Waals surface area contributed by atoms with E-state index < -0.39 is 0 Å². The minimum atomic E-state index is -0.188. The zero-order valence-corrected chi connectivity index (χ0v) is 9.64. The molecule has 1 atom stereocenters. The lowest BCUT2D eigenvalue weighted by atomic mass is 10.2. The molecule has 0 heterocycles. The average molecular weight is 227 g/mol. The summed E-state index contributed by atoms with van der Waals surface area (Å²) in [4.78, 5) is 11.4. The van der Waals surface area contributed by atoms with Crippen molar-refractivity contribution in [3.05, 3.63) is 34.9 Å². The van der Waals surface area contributed by atoms with Gasteiger partial charge in [-0.05, 0) is 25.6 Å². The van der Waals surface area contributed by atoms with Crippen LogP contribution in [0.3, 0.4) is 0 Å². The second-order valence-corrected chi connectivity index (χ2v) is 3.73. The Kier molecular flexibility index (Phi) is 4.59. The van der Waals surface area contributed by atoms with Crippen LogP contribution < -0.4 is 10.6 Å². The largest absolute Gasteiger partial charge is 0.351 e. The van der Waals surface area contributed by atoms with Crippen molar-refractivity contribution in [3.8, 4) is 0 Å². The first-order valence-electron chi connectivity index (χ1n) is 4.83. The summed E-state index contributed by atoms with van der Waals surface area (Å²) in [6, 6.07) is 7.28. The van der Waals surface area contributed by atoms with E-state index >= 15 is 0 Å². The molecule has 1 aromatic carbocycles. The summed E-state index contributed by atoms with van der Waals surface area (Å²) in [5.41, 5.74) is 0.927. The molecule has 15 heavy (non-hydrogen) atoms. The molecule has 0 saturated carbocycles. The standard InChI is InChI=1S/C11H15ClN2O/c1-8(13-2)11(15)14-7-9-5-3-4-6-10(9)12/h3-6,8,13H,7H2,1-2H3,(H,14,15). The molecule has 1 amide bonds. The molecule has 0 aromatic heterocycles. The van der Waals surface area contributed by atoms with Crippen molar-refractivity contribution in [2.75, 3.05) is 7.05 Å². The van der Waals surface area contributed by atoms with E-state index in [1.54, 1.807) is 7.05 Å². The van der Waals surface area contributed by atoms with Gasteiger partial charge in [0.2, 0.25) is 5.91 Å². The fourth-order valence-corrected chi connectivity index (χ4v) is 1.31. The van der Waals surface area contributed by atoms with Crippen LogP contribution in [0.2, 0.25) is 5.02 Å². The van der Waals surface area contributed by atoms with Crippen molar-refractivity contribution in [3.63, 3.8) is 0 Å². The number of hydrogen-bond donors (Lipinski definition) is 2. The highest BCUT2D eigenvalue weighted by Crippen LogP contribution is 2.14. The zero-order valence-electron chi connectivity index (χ0n) is 8.88. The van der Waals surface area contributed by atoms with Crippen LogP contribution >= 0.6 is 11.6 Å². The van der Waals surface area contributed by atoms with E-state index in [4.69, 9.17) is 11.6 Å². The van der Waals surface area contributed by atoms with E-state index in [-0.39, 0.29) is 11.9 Å². The number of amides is 1. The number of rotatable bonds is 4. The van der Waals surface area contributed by atoms with Gasteiger partial charge in [0.1, 0.15) is 0 Å². The van der Waals surface area contributed by atoms with E-state index in [2.05, 4.69) is 10.6 Å². The molecule has 1 aromatic rings. The van der Waals surface area contributed by atoms with Gasteiger partial charge in [-0.15, -0.1) is 0 Å². The maximum absolute atomic E-state index is 11.4. The lowest BCUT2D eigenvalue weighted by Crippen LogP contribution is -2.40. The first-order valence-corrected chi connectivity index (χ1v) is 5.21. The Labute approximate surface area is 94.8 Å². The Hall–Kier alpha value is -1.06. The fourth-order valence-electron chi connectivity index (χ4n) is 1.11. The molecule has 0 aliphatic carbocycles. The van der Waals surface area contributed by atoms with Crippen molar-refractivity contribution >= 4 is 17.5 Å². The number of carbonyl (C=O) groups excluding carboxylic acids is 1. The molecule has 82 valence electrons. The fraction of sp³-hybridized carbons (Fsp3) is 0.364. The molecular weight excluding hydrogens is 212 g/mol. The molecule has 2 N–H and O–H groups in total. The van der Waals surface area contributed by atoms with Gasteiger partial charge in [-0.25, -0.2) is 0 Å². The number of halogens is 1. The minimum absolute atomic E-state index is 0.0302. The average Bonchev–Trinajstić information content (AvgIpc) is 2.26.